The summed E-state index contributed by atoms with van der Waals surface area (Å²) in [5.41, 5.74) is 1.38. The number of halogens is 1. The second kappa shape index (κ2) is 6.47. The number of nitrogens with zero attached hydrogens (tertiary/aromatic N) is 1. The number of hydrogen-bond donors (Lipinski definition) is 1. The third kappa shape index (κ3) is 3.03. The van der Waals surface area contributed by atoms with Crippen LogP contribution in [-0.4, -0.2) is 26.0 Å². The van der Waals surface area contributed by atoms with E-state index < -0.39 is 0 Å². The van der Waals surface area contributed by atoms with E-state index in [-0.39, 0.29) is 5.82 Å². The van der Waals surface area contributed by atoms with E-state index in [2.05, 4.69) is 10.3 Å². The van der Waals surface area contributed by atoms with E-state index in [1.54, 1.807) is 19.2 Å². The summed E-state index contributed by atoms with van der Waals surface area (Å²) in [7, 11) is 1.62. The van der Waals surface area contributed by atoms with Gasteiger partial charge in [-0.25, -0.2) is 4.39 Å². The molecule has 0 radical (unpaired) electrons. The number of nitrogens with one attached hydrogen (secondary N) is 1. The zero-order valence-corrected chi connectivity index (χ0v) is 12.3. The highest BCUT2D eigenvalue weighted by Gasteiger charge is 2.18. The van der Waals surface area contributed by atoms with Crippen LogP contribution in [0.4, 0.5) is 4.39 Å². The largest absolute Gasteiger partial charge is 0.497 e. The first-order chi connectivity index (χ1) is 10.8. The summed E-state index contributed by atoms with van der Waals surface area (Å²) in [6, 6.07) is 12.4. The maximum atomic E-state index is 14.1. The fraction of sp³-hybridized carbons (Fsp3) is 0.235. The second-order valence-electron chi connectivity index (χ2n) is 4.91. The summed E-state index contributed by atoms with van der Waals surface area (Å²) < 4.78 is 25.0. The van der Waals surface area contributed by atoms with Gasteiger partial charge in [0.2, 0.25) is 0 Å². The Labute approximate surface area is 128 Å². The lowest BCUT2D eigenvalue weighted by molar-refractivity contribution is 0.303. The van der Waals surface area contributed by atoms with Crippen LogP contribution in [0, 0.1) is 5.82 Å². The van der Waals surface area contributed by atoms with Crippen molar-refractivity contribution in [2.24, 2.45) is 4.99 Å². The van der Waals surface area contributed by atoms with Gasteiger partial charge < -0.3 is 14.8 Å². The van der Waals surface area contributed by atoms with Crippen LogP contribution >= 0.6 is 0 Å². The van der Waals surface area contributed by atoms with Gasteiger partial charge in [0, 0.05) is 6.54 Å². The van der Waals surface area contributed by atoms with Gasteiger partial charge in [-0.2, -0.15) is 0 Å². The summed E-state index contributed by atoms with van der Waals surface area (Å²) in [6.45, 7) is 1.73. The van der Waals surface area contributed by atoms with E-state index in [1.807, 2.05) is 24.3 Å². The minimum atomic E-state index is -0.333. The molecule has 0 bridgehead atoms. The number of rotatable bonds is 5. The predicted octanol–water partition coefficient (Wildman–Crippen LogP) is 2.76. The van der Waals surface area contributed by atoms with Crippen LogP contribution in [-0.2, 0) is 6.61 Å². The standard InChI is InChI=1S/C17H17FN2O2/c1-21-13-7-5-12(6-8-13)11-22-15-4-2-3-14(18)16(15)17-19-9-10-20-17/h2-8H,9-11H2,1H3,(H,19,20). The maximum Gasteiger partial charge on any atom is 0.137 e. The van der Waals surface area contributed by atoms with Crippen LogP contribution in [0.25, 0.3) is 0 Å². The van der Waals surface area contributed by atoms with Gasteiger partial charge in [-0.15, -0.1) is 0 Å². The number of hydrogen-bond acceptors (Lipinski definition) is 4. The molecule has 1 heterocycles. The molecule has 1 aliphatic heterocycles. The van der Waals surface area contributed by atoms with Gasteiger partial charge in [0.15, 0.2) is 0 Å². The second-order valence-corrected chi connectivity index (χ2v) is 4.91. The van der Waals surface area contributed by atoms with Crippen molar-refractivity contribution < 1.29 is 13.9 Å². The molecular weight excluding hydrogens is 283 g/mol. The molecule has 0 saturated carbocycles. The molecule has 114 valence electrons. The van der Waals surface area contributed by atoms with E-state index in [9.17, 15) is 4.39 Å². The van der Waals surface area contributed by atoms with Crippen molar-refractivity contribution >= 4 is 5.84 Å². The highest BCUT2D eigenvalue weighted by molar-refractivity contribution is 6.02. The lowest BCUT2D eigenvalue weighted by Crippen LogP contribution is -2.21. The molecule has 0 spiro atoms. The Balaban J connectivity index is 1.78. The van der Waals surface area contributed by atoms with Crippen LogP contribution in [0.1, 0.15) is 11.1 Å². The van der Waals surface area contributed by atoms with Gasteiger partial charge in [0.05, 0.1) is 19.2 Å². The molecule has 0 atom stereocenters. The van der Waals surface area contributed by atoms with Crippen molar-refractivity contribution in [3.63, 3.8) is 0 Å². The van der Waals surface area contributed by atoms with Crippen LogP contribution in [0.15, 0.2) is 47.5 Å². The van der Waals surface area contributed by atoms with Crippen LogP contribution in [0.2, 0.25) is 0 Å². The van der Waals surface area contributed by atoms with Gasteiger partial charge in [0.25, 0.3) is 0 Å². The molecule has 2 aromatic rings. The maximum absolute atomic E-state index is 14.1. The topological polar surface area (TPSA) is 42.9 Å². The van der Waals surface area contributed by atoms with Gasteiger partial charge in [-0.3, -0.25) is 4.99 Å². The molecule has 5 heteroatoms. The number of benzene rings is 2. The Hall–Kier alpha value is -2.56. The Morgan fingerprint density at radius 1 is 1.18 bits per heavy atom. The molecule has 0 aliphatic carbocycles. The minimum Gasteiger partial charge on any atom is -0.497 e. The van der Waals surface area contributed by atoms with E-state index in [0.29, 0.717) is 30.3 Å². The van der Waals surface area contributed by atoms with Crippen molar-refractivity contribution in [3.8, 4) is 11.5 Å². The molecule has 1 N–H and O–H groups in total. The first kappa shape index (κ1) is 14.4. The number of aliphatic imine (C=N–C) groups is 1. The van der Waals surface area contributed by atoms with Gasteiger partial charge in [-0.1, -0.05) is 18.2 Å². The molecule has 22 heavy (non-hydrogen) atoms. The summed E-state index contributed by atoms with van der Waals surface area (Å²) >= 11 is 0. The first-order valence-corrected chi connectivity index (χ1v) is 7.11. The number of amidine groups is 1. The molecule has 0 fully saturated rings. The Bertz CT molecular complexity index is 684. The SMILES string of the molecule is COc1ccc(COc2cccc(F)c2C2=NCCN2)cc1. The van der Waals surface area contributed by atoms with E-state index in [0.717, 1.165) is 17.9 Å². The fourth-order valence-corrected chi connectivity index (χ4v) is 2.30. The van der Waals surface area contributed by atoms with Crippen molar-refractivity contribution in [2.45, 2.75) is 6.61 Å². The zero-order valence-electron chi connectivity index (χ0n) is 12.3. The monoisotopic (exact) mass is 300 g/mol. The Kier molecular flexibility index (Phi) is 4.23. The quantitative estimate of drug-likeness (QED) is 0.923. The molecule has 0 aromatic heterocycles. The Morgan fingerprint density at radius 3 is 2.68 bits per heavy atom. The van der Waals surface area contributed by atoms with E-state index >= 15 is 0 Å². The smallest absolute Gasteiger partial charge is 0.137 e. The molecule has 0 amide bonds. The highest BCUT2D eigenvalue weighted by atomic mass is 19.1. The normalized spacial score (nSPS) is 13.5. The summed E-state index contributed by atoms with van der Waals surface area (Å²) in [5.74, 6) is 1.51. The third-order valence-corrected chi connectivity index (χ3v) is 3.44. The van der Waals surface area contributed by atoms with Gasteiger partial charge in [-0.05, 0) is 29.8 Å². The molecule has 2 aromatic carbocycles. The van der Waals surface area contributed by atoms with E-state index in [4.69, 9.17) is 9.47 Å². The van der Waals surface area contributed by atoms with Crippen molar-refractivity contribution in [1.82, 2.24) is 5.32 Å². The van der Waals surface area contributed by atoms with Crippen LogP contribution < -0.4 is 14.8 Å². The molecule has 0 saturated heterocycles. The van der Waals surface area contributed by atoms with Crippen molar-refractivity contribution in [3.05, 3.63) is 59.4 Å². The lowest BCUT2D eigenvalue weighted by Gasteiger charge is -2.13. The number of methoxy groups -OCH3 is 1. The average Bonchev–Trinajstić information content (AvgIpc) is 3.07. The zero-order chi connectivity index (χ0) is 15.4. The first-order valence-electron chi connectivity index (χ1n) is 7.11. The average molecular weight is 300 g/mol. The molecule has 4 nitrogen and oxygen atoms in total. The van der Waals surface area contributed by atoms with Gasteiger partial charge in [0.1, 0.15) is 29.8 Å². The molecule has 1 aliphatic rings. The van der Waals surface area contributed by atoms with E-state index in [1.165, 1.54) is 6.07 Å². The van der Waals surface area contributed by atoms with Crippen molar-refractivity contribution in [2.75, 3.05) is 20.2 Å². The lowest BCUT2D eigenvalue weighted by atomic mass is 10.1. The minimum absolute atomic E-state index is 0.333. The van der Waals surface area contributed by atoms with Crippen LogP contribution in [0.3, 0.4) is 0 Å². The predicted molar refractivity (Wildman–Crippen MR) is 83.1 cm³/mol. The Morgan fingerprint density at radius 2 is 2.00 bits per heavy atom. The molecule has 3 rings (SSSR count). The third-order valence-electron chi connectivity index (χ3n) is 3.44. The summed E-state index contributed by atoms with van der Waals surface area (Å²) in [6.07, 6.45) is 0. The summed E-state index contributed by atoms with van der Waals surface area (Å²) in [4.78, 5) is 4.27. The number of ether oxygens (including phenoxy) is 2. The highest BCUT2D eigenvalue weighted by Crippen LogP contribution is 2.24. The molecular formula is C17H17FN2O2. The fourth-order valence-electron chi connectivity index (χ4n) is 2.30. The molecule has 0 unspecified atom stereocenters. The van der Waals surface area contributed by atoms with Gasteiger partial charge >= 0.3 is 0 Å². The summed E-state index contributed by atoms with van der Waals surface area (Å²) in [5, 5.41) is 3.08. The van der Waals surface area contributed by atoms with Crippen LogP contribution in [0.5, 0.6) is 11.5 Å². The van der Waals surface area contributed by atoms with Crippen molar-refractivity contribution in [1.29, 1.82) is 0 Å².